The molecule has 4 N–H and O–H groups in total. The first-order chi connectivity index (χ1) is 18.5. The molecular weight excluding hydrogens is 526 g/mol. The molecule has 0 atom stereocenters. The van der Waals surface area contributed by atoms with Crippen molar-refractivity contribution >= 4 is 34.7 Å². The number of rotatable bonds is 18. The van der Waals surface area contributed by atoms with Crippen LogP contribution in [0, 0.1) is 0 Å². The van der Waals surface area contributed by atoms with Gasteiger partial charge in [-0.15, -0.1) is 11.3 Å². The zero-order chi connectivity index (χ0) is 27.2. The molecule has 0 unspecified atom stereocenters. The van der Waals surface area contributed by atoms with Crippen LogP contribution < -0.4 is 20.9 Å². The van der Waals surface area contributed by atoms with Crippen molar-refractivity contribution in [3.8, 4) is 22.1 Å². The van der Waals surface area contributed by atoms with E-state index in [-0.39, 0.29) is 0 Å². The van der Waals surface area contributed by atoms with E-state index in [9.17, 15) is 0 Å². The highest BCUT2D eigenvalue weighted by Gasteiger charge is 2.16. The predicted octanol–water partition coefficient (Wildman–Crippen LogP) is 4.47. The van der Waals surface area contributed by atoms with Gasteiger partial charge in [0.25, 0.3) is 0 Å². The number of nitrogen functional groups attached to an aromatic ring is 2. The topological polar surface area (TPSA) is 137 Å². The SMILES string of the molecule is CCCc1sc(-c2ccc(OCCOCCOCCOC)c(OCC)c2)nc1CSc1nc(N)cc(N)n1. The molecule has 38 heavy (non-hydrogen) atoms. The Morgan fingerprint density at radius 1 is 0.842 bits per heavy atom. The normalized spacial score (nSPS) is 11.1. The summed E-state index contributed by atoms with van der Waals surface area (Å²) in [5.74, 6) is 2.70. The van der Waals surface area contributed by atoms with Crippen molar-refractivity contribution in [1.29, 1.82) is 0 Å². The Kier molecular flexibility index (Phi) is 12.9. The molecule has 0 aliphatic carbocycles. The standard InChI is InChI=1S/C26H37N5O5S2/c1-4-6-22-19(17-37-26-30-23(27)16-24(28)31-26)29-25(38-22)18-7-8-20(21(15-18)35-5-2)36-14-13-34-12-11-33-10-9-32-3/h7-8,15-16H,4-6,9-14,17H2,1-3H3,(H4,27,28,30,31). The number of hydrogen-bond donors (Lipinski definition) is 2. The van der Waals surface area contributed by atoms with Gasteiger partial charge >= 0.3 is 0 Å². The molecule has 0 aliphatic rings. The molecule has 0 aliphatic heterocycles. The fourth-order valence-corrected chi connectivity index (χ4v) is 5.52. The number of thioether (sulfide) groups is 1. The van der Waals surface area contributed by atoms with Gasteiger partial charge in [0.2, 0.25) is 0 Å². The Morgan fingerprint density at radius 2 is 1.55 bits per heavy atom. The molecule has 0 saturated carbocycles. The van der Waals surface area contributed by atoms with Gasteiger partial charge in [0.1, 0.15) is 23.3 Å². The van der Waals surface area contributed by atoms with E-state index in [0.717, 1.165) is 29.1 Å². The van der Waals surface area contributed by atoms with Gasteiger partial charge in [-0.1, -0.05) is 25.1 Å². The summed E-state index contributed by atoms with van der Waals surface area (Å²) in [5, 5.41) is 1.48. The van der Waals surface area contributed by atoms with Crippen LogP contribution in [-0.2, 0) is 26.4 Å². The Morgan fingerprint density at radius 3 is 2.24 bits per heavy atom. The molecule has 0 bridgehead atoms. The molecule has 12 heteroatoms. The molecule has 3 aromatic rings. The second-order valence-electron chi connectivity index (χ2n) is 8.09. The Balaban J connectivity index is 1.63. The first kappa shape index (κ1) is 29.9. The first-order valence-corrected chi connectivity index (χ1v) is 14.4. The van der Waals surface area contributed by atoms with E-state index in [1.807, 2.05) is 25.1 Å². The van der Waals surface area contributed by atoms with Gasteiger partial charge in [0.15, 0.2) is 16.7 Å². The maximum absolute atomic E-state index is 5.93. The van der Waals surface area contributed by atoms with Crippen LogP contribution in [0.2, 0.25) is 0 Å². The molecule has 3 rings (SSSR count). The second-order valence-corrected chi connectivity index (χ2v) is 10.1. The number of methoxy groups -OCH3 is 1. The van der Waals surface area contributed by atoms with Gasteiger partial charge in [0, 0.05) is 29.4 Å². The summed E-state index contributed by atoms with van der Waals surface area (Å²) in [6, 6.07) is 7.46. The number of benzene rings is 1. The Bertz CT molecular complexity index is 1110. The average molecular weight is 564 g/mol. The van der Waals surface area contributed by atoms with Crippen molar-refractivity contribution in [3.63, 3.8) is 0 Å². The van der Waals surface area contributed by atoms with Crippen LogP contribution in [0.15, 0.2) is 29.4 Å². The highest BCUT2D eigenvalue weighted by molar-refractivity contribution is 7.98. The summed E-state index contributed by atoms with van der Waals surface area (Å²) in [5.41, 5.74) is 13.6. The number of thiazole rings is 1. The molecule has 1 aromatic carbocycles. The number of nitrogens with zero attached hydrogens (tertiary/aromatic N) is 3. The maximum Gasteiger partial charge on any atom is 0.191 e. The number of aromatic nitrogens is 3. The van der Waals surface area contributed by atoms with E-state index in [1.54, 1.807) is 24.5 Å². The summed E-state index contributed by atoms with van der Waals surface area (Å²) in [6.07, 6.45) is 1.98. The van der Waals surface area contributed by atoms with Gasteiger partial charge in [-0.05, 0) is 31.5 Å². The van der Waals surface area contributed by atoms with Crippen LogP contribution in [0.5, 0.6) is 11.5 Å². The van der Waals surface area contributed by atoms with E-state index in [1.165, 1.54) is 16.6 Å². The minimum absolute atomic E-state index is 0.358. The number of hydrogen-bond acceptors (Lipinski definition) is 12. The van der Waals surface area contributed by atoms with Crippen molar-refractivity contribution in [2.24, 2.45) is 0 Å². The maximum atomic E-state index is 5.93. The molecule has 0 saturated heterocycles. The molecule has 208 valence electrons. The predicted molar refractivity (Wildman–Crippen MR) is 152 cm³/mol. The third kappa shape index (κ3) is 9.59. The Hall–Kier alpha value is -2.64. The zero-order valence-electron chi connectivity index (χ0n) is 22.2. The van der Waals surface area contributed by atoms with Crippen LogP contribution in [0.3, 0.4) is 0 Å². The molecule has 10 nitrogen and oxygen atoms in total. The lowest BCUT2D eigenvalue weighted by atomic mass is 10.2. The van der Waals surface area contributed by atoms with E-state index in [0.29, 0.717) is 80.3 Å². The molecule has 0 radical (unpaired) electrons. The smallest absolute Gasteiger partial charge is 0.191 e. The quantitative estimate of drug-likeness (QED) is 0.129. The molecule has 0 fully saturated rings. The van der Waals surface area contributed by atoms with Crippen molar-refractivity contribution in [1.82, 2.24) is 15.0 Å². The van der Waals surface area contributed by atoms with Crippen molar-refractivity contribution in [2.45, 2.75) is 37.6 Å². The average Bonchev–Trinajstić information content (AvgIpc) is 3.30. The molecule has 2 heterocycles. The van der Waals surface area contributed by atoms with E-state index < -0.39 is 0 Å². The lowest BCUT2D eigenvalue weighted by molar-refractivity contribution is 0.0178. The van der Waals surface area contributed by atoms with Crippen LogP contribution in [0.4, 0.5) is 11.6 Å². The van der Waals surface area contributed by atoms with E-state index >= 15 is 0 Å². The molecule has 0 amide bonds. The minimum Gasteiger partial charge on any atom is -0.490 e. The van der Waals surface area contributed by atoms with Gasteiger partial charge in [-0.3, -0.25) is 0 Å². The van der Waals surface area contributed by atoms with Gasteiger partial charge < -0.3 is 35.2 Å². The molecule has 0 spiro atoms. The zero-order valence-corrected chi connectivity index (χ0v) is 23.9. The van der Waals surface area contributed by atoms with Crippen molar-refractivity contribution < 1.29 is 23.7 Å². The van der Waals surface area contributed by atoms with Crippen LogP contribution >= 0.6 is 23.1 Å². The monoisotopic (exact) mass is 563 g/mol. The van der Waals surface area contributed by atoms with Crippen LogP contribution in [0.25, 0.3) is 10.6 Å². The summed E-state index contributed by atoms with van der Waals surface area (Å²) >= 11 is 3.17. The number of ether oxygens (including phenoxy) is 5. The summed E-state index contributed by atoms with van der Waals surface area (Å²) in [7, 11) is 1.65. The summed E-state index contributed by atoms with van der Waals surface area (Å²) in [6.45, 7) is 7.68. The lowest BCUT2D eigenvalue weighted by Gasteiger charge is -2.13. The number of anilines is 2. The van der Waals surface area contributed by atoms with E-state index in [4.69, 9.17) is 40.1 Å². The van der Waals surface area contributed by atoms with Crippen molar-refractivity contribution in [2.75, 3.05) is 64.8 Å². The largest absolute Gasteiger partial charge is 0.490 e. The minimum atomic E-state index is 0.358. The highest BCUT2D eigenvalue weighted by atomic mass is 32.2. The van der Waals surface area contributed by atoms with Crippen molar-refractivity contribution in [3.05, 3.63) is 34.8 Å². The first-order valence-electron chi connectivity index (χ1n) is 12.6. The van der Waals surface area contributed by atoms with E-state index in [2.05, 4.69) is 16.9 Å². The Labute approximate surface area is 232 Å². The third-order valence-electron chi connectivity index (χ3n) is 5.12. The highest BCUT2D eigenvalue weighted by Crippen LogP contribution is 2.37. The van der Waals surface area contributed by atoms with Gasteiger partial charge in [-0.2, -0.15) is 0 Å². The van der Waals surface area contributed by atoms with Crippen LogP contribution in [-0.4, -0.2) is 68.3 Å². The summed E-state index contributed by atoms with van der Waals surface area (Å²) in [4.78, 5) is 14.7. The number of nitrogens with two attached hydrogens (primary N) is 2. The number of aryl methyl sites for hydroxylation is 1. The molecular formula is C26H37N5O5S2. The van der Waals surface area contributed by atoms with Gasteiger partial charge in [0.05, 0.1) is 45.3 Å². The van der Waals surface area contributed by atoms with Gasteiger partial charge in [-0.25, -0.2) is 15.0 Å². The fourth-order valence-electron chi connectivity index (χ4n) is 3.40. The molecule has 2 aromatic heterocycles. The lowest BCUT2D eigenvalue weighted by Crippen LogP contribution is -2.12. The second kappa shape index (κ2) is 16.4. The summed E-state index contributed by atoms with van der Waals surface area (Å²) < 4.78 is 27.7. The fraction of sp³-hybridized carbons (Fsp3) is 0.500. The van der Waals surface area contributed by atoms with Crippen LogP contribution in [0.1, 0.15) is 30.8 Å². The third-order valence-corrected chi connectivity index (χ3v) is 7.18.